The van der Waals surface area contributed by atoms with Crippen LogP contribution in [0.15, 0.2) is 0 Å². The number of nitrogens with zero attached hydrogens (tertiary/aromatic N) is 4. The summed E-state index contributed by atoms with van der Waals surface area (Å²) in [5.74, 6) is -0.538. The zero-order valence-electron chi connectivity index (χ0n) is 24.4. The summed E-state index contributed by atoms with van der Waals surface area (Å²) < 4.78 is 29.9. The maximum absolute atomic E-state index is 13.7. The molecule has 6 nitrogen and oxygen atoms in total. The Morgan fingerprint density at radius 3 is 2.21 bits per heavy atom. The molecule has 2 bridgehead atoms. The topological polar surface area (TPSA) is 63.1 Å². The van der Waals surface area contributed by atoms with E-state index < -0.39 is 5.92 Å². The van der Waals surface area contributed by atoms with Crippen molar-refractivity contribution < 1.29 is 13.6 Å². The molecule has 1 amide bonds. The summed E-state index contributed by atoms with van der Waals surface area (Å²) in [5, 5.41) is 12.2. The van der Waals surface area contributed by atoms with Crippen molar-refractivity contribution in [3.63, 3.8) is 0 Å². The molecule has 0 spiro atoms. The highest BCUT2D eigenvalue weighted by molar-refractivity contribution is 7.12. The molecule has 0 radical (unpaired) electrons. The van der Waals surface area contributed by atoms with Crippen molar-refractivity contribution in [2.24, 2.45) is 5.92 Å². The second kappa shape index (κ2) is 11.2. The van der Waals surface area contributed by atoms with E-state index >= 15 is 0 Å². The molecule has 216 valence electrons. The van der Waals surface area contributed by atoms with E-state index in [9.17, 15) is 13.6 Å². The number of carbonyl (C=O) groups excluding carboxylic acids is 1. The van der Waals surface area contributed by atoms with E-state index in [4.69, 9.17) is 0 Å². The molecule has 2 unspecified atom stereocenters. The first-order chi connectivity index (χ1) is 18.4. The maximum Gasteiger partial charge on any atom is 0.248 e. The number of alkyl halides is 2. The van der Waals surface area contributed by atoms with Crippen molar-refractivity contribution in [2.45, 2.75) is 135 Å². The van der Waals surface area contributed by atoms with Crippen molar-refractivity contribution in [3.8, 4) is 0 Å². The average Bonchev–Trinajstić information content (AvgIpc) is 3.47. The van der Waals surface area contributed by atoms with E-state index in [1.165, 1.54) is 33.7 Å². The molecule has 2 aromatic heterocycles. The fourth-order valence-corrected chi connectivity index (χ4v) is 8.55. The molecular formula is C30H45F2N5OS. The second-order valence-corrected chi connectivity index (χ2v) is 13.9. The van der Waals surface area contributed by atoms with Gasteiger partial charge in [0.15, 0.2) is 0 Å². The van der Waals surface area contributed by atoms with Crippen LogP contribution in [0.25, 0.3) is 0 Å². The van der Waals surface area contributed by atoms with Crippen LogP contribution in [0.3, 0.4) is 0 Å². The molecule has 2 aromatic rings. The average molecular weight is 562 g/mol. The van der Waals surface area contributed by atoms with Gasteiger partial charge in [-0.1, -0.05) is 13.8 Å². The lowest BCUT2D eigenvalue weighted by Crippen LogP contribution is -2.45. The number of fused-ring (bicyclic) bond motifs is 2. The van der Waals surface area contributed by atoms with Gasteiger partial charge in [-0.25, -0.2) is 8.78 Å². The number of hydrogen-bond donors (Lipinski definition) is 1. The Kier molecular flexibility index (Phi) is 8.22. The molecule has 9 heteroatoms. The summed E-state index contributed by atoms with van der Waals surface area (Å²) in [6.45, 7) is 13.8. The number of aryl methyl sites for hydroxylation is 2. The third kappa shape index (κ3) is 5.81. The number of rotatable bonds is 8. The normalized spacial score (nSPS) is 26.3. The number of aromatic nitrogens is 3. The second-order valence-electron chi connectivity index (χ2n) is 12.6. The molecule has 4 heterocycles. The Labute approximate surface area is 235 Å². The molecule has 3 aliphatic rings. The summed E-state index contributed by atoms with van der Waals surface area (Å²) in [5.41, 5.74) is 2.54. The van der Waals surface area contributed by atoms with Crippen LogP contribution in [0.1, 0.15) is 122 Å². The molecule has 2 saturated heterocycles. The largest absolute Gasteiger partial charge is 0.348 e. The Morgan fingerprint density at radius 2 is 1.64 bits per heavy atom. The SMILES string of the molecule is Cc1sc([C@H](CCN2C3CCC2CC(n2c(C)nnc2C(C)C)C3)NC(=O)C2CCC(F)(F)CC2)c(C)c1C. The summed E-state index contributed by atoms with van der Waals surface area (Å²) in [6, 6.07) is 1.42. The van der Waals surface area contributed by atoms with Gasteiger partial charge in [0.2, 0.25) is 11.8 Å². The predicted molar refractivity (Wildman–Crippen MR) is 152 cm³/mol. The lowest BCUT2D eigenvalue weighted by atomic mass is 9.86. The number of piperidine rings is 1. The molecule has 3 atom stereocenters. The fourth-order valence-electron chi connectivity index (χ4n) is 7.29. The lowest BCUT2D eigenvalue weighted by molar-refractivity contribution is -0.130. The van der Waals surface area contributed by atoms with E-state index in [-0.39, 0.29) is 43.6 Å². The van der Waals surface area contributed by atoms with Crippen LogP contribution < -0.4 is 5.32 Å². The fraction of sp³-hybridized carbons (Fsp3) is 0.767. The summed E-state index contributed by atoms with van der Waals surface area (Å²) in [4.78, 5) is 18.5. The molecule has 0 aromatic carbocycles. The Balaban J connectivity index is 1.28. The molecule has 1 N–H and O–H groups in total. The maximum atomic E-state index is 13.7. The van der Waals surface area contributed by atoms with E-state index in [0.29, 0.717) is 24.0 Å². The molecule has 1 aliphatic carbocycles. The van der Waals surface area contributed by atoms with Gasteiger partial charge >= 0.3 is 0 Å². The third-order valence-corrected chi connectivity index (χ3v) is 11.2. The minimum Gasteiger partial charge on any atom is -0.348 e. The highest BCUT2D eigenvalue weighted by atomic mass is 32.1. The molecule has 1 saturated carbocycles. The van der Waals surface area contributed by atoms with Crippen LogP contribution in [-0.2, 0) is 4.79 Å². The zero-order chi connectivity index (χ0) is 28.1. The van der Waals surface area contributed by atoms with Crippen molar-refractivity contribution in [3.05, 3.63) is 32.5 Å². The van der Waals surface area contributed by atoms with Crippen LogP contribution >= 0.6 is 11.3 Å². The summed E-state index contributed by atoms with van der Waals surface area (Å²) >= 11 is 1.78. The Morgan fingerprint density at radius 1 is 1.00 bits per heavy atom. The van der Waals surface area contributed by atoms with Gasteiger partial charge in [-0.15, -0.1) is 21.5 Å². The van der Waals surface area contributed by atoms with Gasteiger partial charge in [0, 0.05) is 59.1 Å². The number of hydrogen-bond acceptors (Lipinski definition) is 5. The van der Waals surface area contributed by atoms with E-state index in [2.05, 4.69) is 66.5 Å². The number of nitrogens with one attached hydrogen (secondary N) is 1. The number of carbonyl (C=O) groups is 1. The predicted octanol–water partition coefficient (Wildman–Crippen LogP) is 6.94. The minimum absolute atomic E-state index is 0.0513. The van der Waals surface area contributed by atoms with Crippen molar-refractivity contribution >= 4 is 17.2 Å². The zero-order valence-corrected chi connectivity index (χ0v) is 25.2. The number of halogens is 2. The van der Waals surface area contributed by atoms with Crippen LogP contribution in [0.5, 0.6) is 0 Å². The van der Waals surface area contributed by atoms with E-state index in [0.717, 1.165) is 37.5 Å². The Bertz CT molecular complexity index is 1170. The molecule has 2 aliphatic heterocycles. The first kappa shape index (κ1) is 28.7. The molecule has 5 rings (SSSR count). The van der Waals surface area contributed by atoms with Gasteiger partial charge in [0.1, 0.15) is 11.6 Å². The standard InChI is InChI=1S/C30H45F2N5OS/c1-17(2)28-35-34-21(6)37(28)25-15-23-7-8-24(16-25)36(23)14-11-26(27-19(4)18(3)20(5)39-27)33-29(38)22-9-12-30(31,32)13-10-22/h17,22-26H,7-16H2,1-6H3,(H,33,38)/t23?,24?,25?,26-/m0/s1. The summed E-state index contributed by atoms with van der Waals surface area (Å²) in [6.07, 6.45) is 5.65. The quantitative estimate of drug-likeness (QED) is 0.379. The van der Waals surface area contributed by atoms with Crippen molar-refractivity contribution in [2.75, 3.05) is 6.54 Å². The number of amides is 1. The number of thiophene rings is 1. The van der Waals surface area contributed by atoms with Crippen LogP contribution in [0.2, 0.25) is 0 Å². The van der Waals surface area contributed by atoms with Crippen LogP contribution in [0.4, 0.5) is 8.78 Å². The molecular weight excluding hydrogens is 516 g/mol. The van der Waals surface area contributed by atoms with Crippen LogP contribution in [-0.4, -0.2) is 50.1 Å². The van der Waals surface area contributed by atoms with E-state index in [1.807, 2.05) is 0 Å². The van der Waals surface area contributed by atoms with Gasteiger partial charge in [0.25, 0.3) is 0 Å². The monoisotopic (exact) mass is 561 g/mol. The van der Waals surface area contributed by atoms with Crippen molar-refractivity contribution in [1.29, 1.82) is 0 Å². The molecule has 3 fully saturated rings. The Hall–Kier alpha value is -1.87. The van der Waals surface area contributed by atoms with Crippen LogP contribution in [0, 0.1) is 33.6 Å². The van der Waals surface area contributed by atoms with Gasteiger partial charge in [0.05, 0.1) is 6.04 Å². The third-order valence-electron chi connectivity index (χ3n) is 9.75. The minimum atomic E-state index is -2.62. The highest BCUT2D eigenvalue weighted by Crippen LogP contribution is 2.43. The molecule has 39 heavy (non-hydrogen) atoms. The lowest BCUT2D eigenvalue weighted by Gasteiger charge is -2.40. The van der Waals surface area contributed by atoms with Gasteiger partial charge in [-0.2, -0.15) is 0 Å². The van der Waals surface area contributed by atoms with Crippen molar-refractivity contribution in [1.82, 2.24) is 25.0 Å². The van der Waals surface area contributed by atoms with Gasteiger partial charge in [-0.3, -0.25) is 9.69 Å². The smallest absolute Gasteiger partial charge is 0.248 e. The summed E-state index contributed by atoms with van der Waals surface area (Å²) in [7, 11) is 0. The first-order valence-corrected chi connectivity index (χ1v) is 15.7. The highest BCUT2D eigenvalue weighted by Gasteiger charge is 2.43. The first-order valence-electron chi connectivity index (χ1n) is 14.9. The van der Waals surface area contributed by atoms with E-state index in [1.54, 1.807) is 11.3 Å². The van der Waals surface area contributed by atoms with Gasteiger partial charge in [-0.05, 0) is 83.8 Å². The van der Waals surface area contributed by atoms with Gasteiger partial charge < -0.3 is 9.88 Å².